The quantitative estimate of drug-likeness (QED) is 0.346. The van der Waals surface area contributed by atoms with Gasteiger partial charge in [0.2, 0.25) is 5.91 Å². The SMILES string of the molecule is CC(C)(C)OC(=O)NC1CCC1C(=O)NC(Cc1ccc(Oc2nc3ccccc3s2)cc1)C1CCNCC1. The van der Waals surface area contributed by atoms with Crippen LogP contribution in [0.4, 0.5) is 4.79 Å². The molecule has 3 N–H and O–H groups in total. The first kappa shape index (κ1) is 27.4. The fraction of sp³-hybridized carbons (Fsp3) is 0.500. The summed E-state index contributed by atoms with van der Waals surface area (Å²) in [5.74, 6) is 0.921. The molecule has 5 rings (SSSR count). The number of carbonyl (C=O) groups excluding carboxylic acids is 2. The Morgan fingerprint density at radius 1 is 1.05 bits per heavy atom. The van der Waals surface area contributed by atoms with Crippen LogP contribution in [0.2, 0.25) is 0 Å². The summed E-state index contributed by atoms with van der Waals surface area (Å²) in [5, 5.41) is 10.3. The summed E-state index contributed by atoms with van der Waals surface area (Å²) in [7, 11) is 0. The third-order valence-electron chi connectivity index (χ3n) is 7.45. The van der Waals surface area contributed by atoms with Crippen molar-refractivity contribution in [2.24, 2.45) is 11.8 Å². The monoisotopic (exact) mass is 550 g/mol. The number of hydrogen-bond donors (Lipinski definition) is 3. The van der Waals surface area contributed by atoms with Gasteiger partial charge in [0.1, 0.15) is 11.4 Å². The second kappa shape index (κ2) is 11.9. The average Bonchev–Trinajstić information content (AvgIpc) is 3.29. The molecule has 1 aliphatic carbocycles. The third-order valence-corrected chi connectivity index (χ3v) is 8.37. The molecular formula is C30H38N4O4S. The summed E-state index contributed by atoms with van der Waals surface area (Å²) in [4.78, 5) is 30.1. The van der Waals surface area contributed by atoms with Crippen molar-refractivity contribution in [2.45, 2.75) is 70.6 Å². The number of fused-ring (bicyclic) bond motifs is 1. The van der Waals surface area contributed by atoms with Gasteiger partial charge in [-0.2, -0.15) is 0 Å². The van der Waals surface area contributed by atoms with Crippen molar-refractivity contribution in [2.75, 3.05) is 13.1 Å². The van der Waals surface area contributed by atoms with Gasteiger partial charge in [0.15, 0.2) is 0 Å². The fourth-order valence-corrected chi connectivity index (χ4v) is 6.10. The molecular weight excluding hydrogens is 512 g/mol. The maximum Gasteiger partial charge on any atom is 0.407 e. The lowest BCUT2D eigenvalue weighted by Gasteiger charge is -2.38. The predicted molar refractivity (Wildman–Crippen MR) is 153 cm³/mol. The van der Waals surface area contributed by atoms with Gasteiger partial charge in [-0.25, -0.2) is 9.78 Å². The van der Waals surface area contributed by atoms with Gasteiger partial charge in [0.05, 0.1) is 16.1 Å². The highest BCUT2D eigenvalue weighted by Gasteiger charge is 2.39. The van der Waals surface area contributed by atoms with Gasteiger partial charge in [0.25, 0.3) is 5.19 Å². The smallest absolute Gasteiger partial charge is 0.407 e. The zero-order valence-corrected chi connectivity index (χ0v) is 23.7. The normalized spacial score (nSPS) is 20.6. The first-order valence-electron chi connectivity index (χ1n) is 13.9. The summed E-state index contributed by atoms with van der Waals surface area (Å²) >= 11 is 1.53. The number of hydrogen-bond acceptors (Lipinski definition) is 7. The molecule has 1 saturated carbocycles. The maximum atomic E-state index is 13.3. The Balaban J connectivity index is 1.21. The maximum absolute atomic E-state index is 13.3. The van der Waals surface area contributed by atoms with Crippen LogP contribution >= 0.6 is 11.3 Å². The van der Waals surface area contributed by atoms with Crippen LogP contribution < -0.4 is 20.7 Å². The number of thiazole rings is 1. The van der Waals surface area contributed by atoms with Crippen molar-refractivity contribution < 1.29 is 19.1 Å². The molecule has 2 fully saturated rings. The van der Waals surface area contributed by atoms with Crippen LogP contribution in [-0.2, 0) is 16.0 Å². The van der Waals surface area contributed by atoms with Crippen LogP contribution in [0.3, 0.4) is 0 Å². The molecule has 1 saturated heterocycles. The van der Waals surface area contributed by atoms with Crippen molar-refractivity contribution in [3.8, 4) is 10.9 Å². The van der Waals surface area contributed by atoms with Crippen LogP contribution in [0.25, 0.3) is 10.2 Å². The van der Waals surface area contributed by atoms with Crippen LogP contribution in [0.15, 0.2) is 48.5 Å². The minimum Gasteiger partial charge on any atom is -0.444 e. The molecule has 1 aromatic heterocycles. The summed E-state index contributed by atoms with van der Waals surface area (Å²) in [6.07, 6.45) is 3.87. The number of benzene rings is 2. The molecule has 3 atom stereocenters. The number of nitrogens with zero attached hydrogens (tertiary/aromatic N) is 1. The molecule has 2 heterocycles. The minimum atomic E-state index is -0.569. The molecule has 3 unspecified atom stereocenters. The predicted octanol–water partition coefficient (Wildman–Crippen LogP) is 5.42. The van der Waals surface area contributed by atoms with Crippen molar-refractivity contribution in [3.05, 3.63) is 54.1 Å². The number of aromatic nitrogens is 1. The first-order chi connectivity index (χ1) is 18.7. The van der Waals surface area contributed by atoms with E-state index in [0.29, 0.717) is 11.1 Å². The summed E-state index contributed by atoms with van der Waals surface area (Å²) in [5.41, 5.74) is 1.51. The van der Waals surface area contributed by atoms with E-state index in [4.69, 9.17) is 9.47 Å². The second-order valence-electron chi connectivity index (χ2n) is 11.5. The van der Waals surface area contributed by atoms with E-state index in [1.807, 2.05) is 57.2 Å². The fourth-order valence-electron chi connectivity index (χ4n) is 5.26. The Morgan fingerprint density at radius 2 is 1.79 bits per heavy atom. The van der Waals surface area contributed by atoms with E-state index < -0.39 is 11.7 Å². The van der Waals surface area contributed by atoms with E-state index in [9.17, 15) is 9.59 Å². The van der Waals surface area contributed by atoms with Crippen LogP contribution in [0, 0.1) is 11.8 Å². The van der Waals surface area contributed by atoms with E-state index in [-0.39, 0.29) is 23.9 Å². The highest BCUT2D eigenvalue weighted by atomic mass is 32.1. The van der Waals surface area contributed by atoms with Gasteiger partial charge < -0.3 is 25.4 Å². The van der Waals surface area contributed by atoms with Gasteiger partial charge in [-0.3, -0.25) is 4.79 Å². The van der Waals surface area contributed by atoms with Gasteiger partial charge in [-0.15, -0.1) is 0 Å². The molecule has 208 valence electrons. The van der Waals surface area contributed by atoms with Gasteiger partial charge >= 0.3 is 6.09 Å². The molecule has 0 spiro atoms. The van der Waals surface area contributed by atoms with Crippen LogP contribution in [0.1, 0.15) is 52.0 Å². The van der Waals surface area contributed by atoms with E-state index in [0.717, 1.165) is 66.7 Å². The molecule has 2 aliphatic rings. The summed E-state index contributed by atoms with van der Waals surface area (Å²) in [6.45, 7) is 7.42. The topological polar surface area (TPSA) is 102 Å². The minimum absolute atomic E-state index is 0.0154. The number of rotatable bonds is 8. The van der Waals surface area contributed by atoms with E-state index in [1.165, 1.54) is 11.3 Å². The Morgan fingerprint density at radius 3 is 2.46 bits per heavy atom. The van der Waals surface area contributed by atoms with Gasteiger partial charge in [-0.05, 0) is 102 Å². The summed E-state index contributed by atoms with van der Waals surface area (Å²) < 4.78 is 12.5. The molecule has 2 amide bonds. The zero-order chi connectivity index (χ0) is 27.4. The molecule has 3 aromatic rings. The highest BCUT2D eigenvalue weighted by Crippen LogP contribution is 2.32. The lowest BCUT2D eigenvalue weighted by atomic mass is 9.78. The number of para-hydroxylation sites is 1. The molecule has 0 radical (unpaired) electrons. The first-order valence-corrected chi connectivity index (χ1v) is 14.7. The second-order valence-corrected chi connectivity index (χ2v) is 12.5. The number of carbonyl (C=O) groups is 2. The summed E-state index contributed by atoms with van der Waals surface area (Å²) in [6, 6.07) is 15.9. The van der Waals surface area contributed by atoms with E-state index >= 15 is 0 Å². The highest BCUT2D eigenvalue weighted by molar-refractivity contribution is 7.20. The van der Waals surface area contributed by atoms with Gasteiger partial charge in [0, 0.05) is 12.1 Å². The molecule has 0 bridgehead atoms. The number of alkyl carbamates (subject to hydrolysis) is 1. The standard InChI is InChI=1S/C30H38N4O4S/c1-30(2,3)38-28(36)33-23-13-12-22(23)27(35)32-25(20-14-16-31-17-15-20)18-19-8-10-21(11-9-19)37-29-34-24-6-4-5-7-26(24)39-29/h4-11,20,22-23,25,31H,12-18H2,1-3H3,(H,32,35)(H,33,36). The Kier molecular flexibility index (Phi) is 8.37. The van der Waals surface area contributed by atoms with E-state index in [2.05, 4.69) is 33.1 Å². The Bertz CT molecular complexity index is 1250. The van der Waals surface area contributed by atoms with Crippen molar-refractivity contribution in [1.82, 2.24) is 20.9 Å². The van der Waals surface area contributed by atoms with Crippen molar-refractivity contribution in [3.63, 3.8) is 0 Å². The molecule has 39 heavy (non-hydrogen) atoms. The van der Waals surface area contributed by atoms with Crippen molar-refractivity contribution >= 4 is 33.6 Å². The van der Waals surface area contributed by atoms with Crippen LogP contribution in [0.5, 0.6) is 10.9 Å². The molecule has 1 aliphatic heterocycles. The Labute approximate surface area is 233 Å². The molecule has 9 heteroatoms. The molecule has 8 nitrogen and oxygen atoms in total. The van der Waals surface area contributed by atoms with Crippen LogP contribution in [-0.4, -0.2) is 47.8 Å². The lowest BCUT2D eigenvalue weighted by molar-refractivity contribution is -0.129. The Hall–Kier alpha value is -3.17. The number of piperidine rings is 1. The average molecular weight is 551 g/mol. The number of ether oxygens (including phenoxy) is 2. The zero-order valence-electron chi connectivity index (χ0n) is 22.9. The third kappa shape index (κ3) is 7.28. The largest absolute Gasteiger partial charge is 0.444 e. The number of amides is 2. The van der Waals surface area contributed by atoms with Crippen molar-refractivity contribution in [1.29, 1.82) is 0 Å². The van der Waals surface area contributed by atoms with E-state index in [1.54, 1.807) is 0 Å². The lowest BCUT2D eigenvalue weighted by Crippen LogP contribution is -2.56. The van der Waals surface area contributed by atoms with Gasteiger partial charge in [-0.1, -0.05) is 35.6 Å². The molecule has 2 aromatic carbocycles. The number of nitrogens with one attached hydrogen (secondary N) is 3.